The molecule has 0 bridgehead atoms. The first-order chi connectivity index (χ1) is 16.7. The van der Waals surface area contributed by atoms with Gasteiger partial charge >= 0.3 is 211 Å². The Bertz CT molecular complexity index is 1290. The van der Waals surface area contributed by atoms with Crippen molar-refractivity contribution in [3.8, 4) is 0 Å². The number of hydrogen-bond acceptors (Lipinski definition) is 1. The molecule has 4 aromatic rings. The Labute approximate surface area is 211 Å². The van der Waals surface area contributed by atoms with Crippen LogP contribution in [-0.2, 0) is 4.52 Å². The molecule has 2 heteroatoms. The second kappa shape index (κ2) is 8.44. The third-order valence-corrected chi connectivity index (χ3v) is 15.1. The van der Waals surface area contributed by atoms with Crippen LogP contribution in [0.1, 0.15) is 52.0 Å². The van der Waals surface area contributed by atoms with Crippen molar-refractivity contribution in [3.63, 3.8) is 0 Å². The van der Waals surface area contributed by atoms with Gasteiger partial charge < -0.3 is 0 Å². The Morgan fingerprint density at radius 2 is 0.914 bits per heavy atom. The molecule has 0 N–H and O–H groups in total. The van der Waals surface area contributed by atoms with Crippen LogP contribution in [0.5, 0.6) is 0 Å². The number of benzene rings is 4. The van der Waals surface area contributed by atoms with Crippen molar-refractivity contribution in [2.75, 3.05) is 0 Å². The van der Waals surface area contributed by atoms with Crippen LogP contribution in [-0.4, -0.2) is 5.66 Å². The standard InChI is InChI=1S/C33H37OP/c1-22-13-16-30(19-25(22)4)35(31-17-14-23(2)26(5)20-31,32-18-15-24(3)27(6)21-32)28(7)33(34-35)29-11-9-8-10-12-29/h8-21,28,33H,1-7H3/t28-,33-/m1/s1. The first-order valence-electron chi connectivity index (χ1n) is 12.7. The monoisotopic (exact) mass is 480 g/mol. The van der Waals surface area contributed by atoms with Crippen LogP contribution < -0.4 is 15.9 Å². The van der Waals surface area contributed by atoms with E-state index in [4.69, 9.17) is 4.52 Å². The summed E-state index contributed by atoms with van der Waals surface area (Å²) < 4.78 is 7.59. The van der Waals surface area contributed by atoms with E-state index in [0.717, 1.165) is 0 Å². The van der Waals surface area contributed by atoms with E-state index in [2.05, 4.69) is 133 Å². The average molecular weight is 481 g/mol. The number of hydrogen-bond donors (Lipinski definition) is 0. The Balaban J connectivity index is 1.91. The fourth-order valence-corrected chi connectivity index (χ4v) is 12.6. The van der Waals surface area contributed by atoms with Gasteiger partial charge in [0.15, 0.2) is 0 Å². The molecule has 1 heterocycles. The van der Waals surface area contributed by atoms with E-state index in [1.807, 2.05) is 0 Å². The van der Waals surface area contributed by atoms with Crippen LogP contribution in [0.25, 0.3) is 0 Å². The molecule has 1 aliphatic heterocycles. The molecule has 2 atom stereocenters. The van der Waals surface area contributed by atoms with Gasteiger partial charge in [0.25, 0.3) is 0 Å². The summed E-state index contributed by atoms with van der Waals surface area (Å²) in [4.78, 5) is 0. The van der Waals surface area contributed by atoms with Gasteiger partial charge in [0.2, 0.25) is 0 Å². The molecule has 1 nitrogen and oxygen atoms in total. The predicted octanol–water partition coefficient (Wildman–Crippen LogP) is 7.44. The van der Waals surface area contributed by atoms with Crippen molar-refractivity contribution in [2.45, 2.75) is 60.2 Å². The Morgan fingerprint density at radius 3 is 1.26 bits per heavy atom. The van der Waals surface area contributed by atoms with E-state index in [1.54, 1.807) is 0 Å². The van der Waals surface area contributed by atoms with Crippen molar-refractivity contribution in [1.29, 1.82) is 0 Å². The van der Waals surface area contributed by atoms with E-state index in [0.29, 0.717) is 5.66 Å². The van der Waals surface area contributed by atoms with Crippen LogP contribution >= 0.6 is 6.83 Å². The van der Waals surface area contributed by atoms with E-state index in [-0.39, 0.29) is 6.10 Å². The minimum absolute atomic E-state index is 0.0543. The summed E-state index contributed by atoms with van der Waals surface area (Å²) in [5, 5.41) is 4.01. The van der Waals surface area contributed by atoms with Gasteiger partial charge in [-0.15, -0.1) is 0 Å². The number of rotatable bonds is 4. The SMILES string of the molecule is Cc1ccc(P2(c3ccc(C)c(C)c3)(c3ccc(C)c(C)c3)O[C@@H](c3ccccc3)[C@H]2C)cc1C. The fourth-order valence-electron chi connectivity index (χ4n) is 5.94. The molecule has 1 aliphatic rings. The molecule has 0 aromatic heterocycles. The molecule has 1 saturated heterocycles. The molecule has 1 fully saturated rings. The minimum atomic E-state index is -3.26. The summed E-state index contributed by atoms with van der Waals surface area (Å²) in [7, 11) is 0. The zero-order valence-electron chi connectivity index (χ0n) is 22.1. The van der Waals surface area contributed by atoms with E-state index < -0.39 is 6.83 Å². The van der Waals surface area contributed by atoms with E-state index in [9.17, 15) is 0 Å². The third-order valence-electron chi connectivity index (χ3n) is 8.69. The predicted molar refractivity (Wildman–Crippen MR) is 153 cm³/mol. The molecular formula is C33H37OP. The van der Waals surface area contributed by atoms with Crippen molar-refractivity contribution in [3.05, 3.63) is 124 Å². The van der Waals surface area contributed by atoms with Crippen molar-refractivity contribution in [2.24, 2.45) is 0 Å². The van der Waals surface area contributed by atoms with Gasteiger partial charge in [0, 0.05) is 0 Å². The fraction of sp³-hybridized carbons (Fsp3) is 0.273. The van der Waals surface area contributed by atoms with E-state index >= 15 is 0 Å². The maximum absolute atomic E-state index is 7.59. The molecule has 180 valence electrons. The van der Waals surface area contributed by atoms with Gasteiger partial charge in [-0.1, -0.05) is 0 Å². The molecule has 0 unspecified atom stereocenters. The van der Waals surface area contributed by atoms with Crippen LogP contribution in [0.3, 0.4) is 0 Å². The molecule has 35 heavy (non-hydrogen) atoms. The van der Waals surface area contributed by atoms with Gasteiger partial charge in [-0.2, -0.15) is 0 Å². The molecule has 5 rings (SSSR count). The van der Waals surface area contributed by atoms with Gasteiger partial charge in [0.1, 0.15) is 0 Å². The second-order valence-corrected chi connectivity index (χ2v) is 15.4. The topological polar surface area (TPSA) is 9.23 Å². The normalized spacial score (nSPS) is 21.5. The molecule has 0 aliphatic carbocycles. The quantitative estimate of drug-likeness (QED) is 0.276. The third kappa shape index (κ3) is 3.29. The van der Waals surface area contributed by atoms with Crippen LogP contribution in [0, 0.1) is 41.5 Å². The Hall–Kier alpha value is -2.73. The summed E-state index contributed by atoms with van der Waals surface area (Å²) in [6, 6.07) is 31.9. The van der Waals surface area contributed by atoms with E-state index in [1.165, 1.54) is 54.9 Å². The molecule has 0 saturated carbocycles. The summed E-state index contributed by atoms with van der Waals surface area (Å²) >= 11 is 0. The molecule has 4 aromatic carbocycles. The summed E-state index contributed by atoms with van der Waals surface area (Å²) in [5.41, 5.74) is 9.47. The molecule has 0 amide bonds. The van der Waals surface area contributed by atoms with Gasteiger partial charge in [0.05, 0.1) is 0 Å². The summed E-state index contributed by atoms with van der Waals surface area (Å²) in [5.74, 6) is 0. The molecule has 0 spiro atoms. The summed E-state index contributed by atoms with van der Waals surface area (Å²) in [6.07, 6.45) is 0.0543. The zero-order valence-corrected chi connectivity index (χ0v) is 23.0. The average Bonchev–Trinajstić information content (AvgIpc) is 2.85. The Kier molecular flexibility index (Phi) is 5.78. The number of aryl methyl sites for hydroxylation is 6. The van der Waals surface area contributed by atoms with Gasteiger partial charge in [-0.05, 0) is 0 Å². The van der Waals surface area contributed by atoms with Gasteiger partial charge in [-0.25, -0.2) is 0 Å². The van der Waals surface area contributed by atoms with Gasteiger partial charge in [-0.3, -0.25) is 0 Å². The van der Waals surface area contributed by atoms with Crippen molar-refractivity contribution in [1.82, 2.24) is 0 Å². The molecular weight excluding hydrogens is 443 g/mol. The Morgan fingerprint density at radius 1 is 0.514 bits per heavy atom. The van der Waals surface area contributed by atoms with Crippen LogP contribution in [0.15, 0.2) is 84.9 Å². The summed E-state index contributed by atoms with van der Waals surface area (Å²) in [6.45, 7) is 12.4. The maximum atomic E-state index is 7.59. The zero-order chi connectivity index (χ0) is 25.0. The molecule has 0 radical (unpaired) electrons. The van der Waals surface area contributed by atoms with Crippen molar-refractivity contribution >= 4 is 22.7 Å². The second-order valence-electron chi connectivity index (χ2n) is 10.6. The first kappa shape index (κ1) is 24.0. The van der Waals surface area contributed by atoms with Crippen LogP contribution in [0.4, 0.5) is 0 Å². The van der Waals surface area contributed by atoms with Crippen LogP contribution in [0.2, 0.25) is 0 Å². The van der Waals surface area contributed by atoms with Crippen molar-refractivity contribution < 1.29 is 4.52 Å². The first-order valence-corrected chi connectivity index (χ1v) is 14.9.